The van der Waals surface area contributed by atoms with Gasteiger partial charge in [-0.3, -0.25) is 4.79 Å². The fourth-order valence-corrected chi connectivity index (χ4v) is 2.54. The van der Waals surface area contributed by atoms with Crippen LogP contribution < -0.4 is 10.6 Å². The van der Waals surface area contributed by atoms with Crippen molar-refractivity contribution >= 4 is 5.91 Å². The molecular formula is C15H21FN2O. The van der Waals surface area contributed by atoms with Crippen molar-refractivity contribution in [2.24, 2.45) is 5.92 Å². The van der Waals surface area contributed by atoms with Gasteiger partial charge in [-0.05, 0) is 50.4 Å². The van der Waals surface area contributed by atoms with Crippen LogP contribution >= 0.6 is 0 Å². The van der Waals surface area contributed by atoms with Crippen LogP contribution in [0.2, 0.25) is 0 Å². The molecule has 2 atom stereocenters. The average molecular weight is 264 g/mol. The van der Waals surface area contributed by atoms with E-state index in [1.165, 1.54) is 12.1 Å². The van der Waals surface area contributed by atoms with Crippen molar-refractivity contribution in [3.8, 4) is 0 Å². The van der Waals surface area contributed by atoms with Gasteiger partial charge in [-0.25, -0.2) is 4.39 Å². The van der Waals surface area contributed by atoms with Crippen LogP contribution in [0.1, 0.15) is 25.3 Å². The van der Waals surface area contributed by atoms with Crippen LogP contribution in [0.4, 0.5) is 4.39 Å². The van der Waals surface area contributed by atoms with E-state index in [0.717, 1.165) is 24.9 Å². The van der Waals surface area contributed by atoms with Crippen LogP contribution in [-0.2, 0) is 11.2 Å². The van der Waals surface area contributed by atoms with Crippen molar-refractivity contribution in [2.75, 3.05) is 13.1 Å². The Morgan fingerprint density at radius 3 is 3.11 bits per heavy atom. The number of nitrogens with one attached hydrogen (secondary N) is 2. The molecule has 1 aliphatic rings. The van der Waals surface area contributed by atoms with Crippen LogP contribution in [0.15, 0.2) is 24.3 Å². The van der Waals surface area contributed by atoms with Crippen molar-refractivity contribution in [2.45, 2.75) is 32.2 Å². The van der Waals surface area contributed by atoms with Gasteiger partial charge in [0.1, 0.15) is 5.82 Å². The smallest absolute Gasteiger partial charge is 0.223 e. The highest BCUT2D eigenvalue weighted by atomic mass is 19.1. The molecule has 0 radical (unpaired) electrons. The molecule has 19 heavy (non-hydrogen) atoms. The molecule has 1 fully saturated rings. The molecule has 0 aliphatic carbocycles. The molecule has 1 aromatic carbocycles. The number of carbonyl (C=O) groups is 1. The van der Waals surface area contributed by atoms with Gasteiger partial charge in [0.25, 0.3) is 0 Å². The number of rotatable bonds is 4. The van der Waals surface area contributed by atoms with Crippen molar-refractivity contribution < 1.29 is 9.18 Å². The Morgan fingerprint density at radius 1 is 1.53 bits per heavy atom. The molecule has 2 unspecified atom stereocenters. The van der Waals surface area contributed by atoms with Gasteiger partial charge >= 0.3 is 0 Å². The maximum atomic E-state index is 13.0. The van der Waals surface area contributed by atoms with Gasteiger partial charge in [-0.15, -0.1) is 0 Å². The zero-order chi connectivity index (χ0) is 13.7. The van der Waals surface area contributed by atoms with E-state index in [1.54, 1.807) is 6.07 Å². The second kappa shape index (κ2) is 6.66. The number of piperidine rings is 1. The molecule has 1 aliphatic heterocycles. The number of carbonyl (C=O) groups excluding carboxylic acids is 1. The number of hydrogen-bond acceptors (Lipinski definition) is 2. The first-order valence-electron chi connectivity index (χ1n) is 6.90. The second-order valence-corrected chi connectivity index (χ2v) is 5.25. The van der Waals surface area contributed by atoms with E-state index in [4.69, 9.17) is 0 Å². The van der Waals surface area contributed by atoms with Crippen LogP contribution in [0.3, 0.4) is 0 Å². The fraction of sp³-hybridized carbons (Fsp3) is 0.533. The molecule has 0 spiro atoms. The zero-order valence-electron chi connectivity index (χ0n) is 11.3. The van der Waals surface area contributed by atoms with Crippen LogP contribution in [-0.4, -0.2) is 25.0 Å². The molecule has 0 saturated carbocycles. The molecule has 2 N–H and O–H groups in total. The highest BCUT2D eigenvalue weighted by Gasteiger charge is 2.24. The summed E-state index contributed by atoms with van der Waals surface area (Å²) in [6.45, 7) is 3.58. The topological polar surface area (TPSA) is 41.1 Å². The monoisotopic (exact) mass is 264 g/mol. The van der Waals surface area contributed by atoms with E-state index in [0.29, 0.717) is 19.0 Å². The van der Waals surface area contributed by atoms with Crippen molar-refractivity contribution in [3.63, 3.8) is 0 Å². The van der Waals surface area contributed by atoms with Gasteiger partial charge in [-0.2, -0.15) is 0 Å². The lowest BCUT2D eigenvalue weighted by Gasteiger charge is -2.27. The molecule has 2 rings (SSSR count). The van der Waals surface area contributed by atoms with Gasteiger partial charge in [0.15, 0.2) is 0 Å². The summed E-state index contributed by atoms with van der Waals surface area (Å²) in [5, 5.41) is 6.29. The summed E-state index contributed by atoms with van der Waals surface area (Å²) in [7, 11) is 0. The van der Waals surface area contributed by atoms with E-state index in [1.807, 2.05) is 6.07 Å². The maximum Gasteiger partial charge on any atom is 0.223 e. The molecule has 1 aromatic rings. The number of amides is 1. The lowest BCUT2D eigenvalue weighted by atomic mass is 9.92. The number of halogens is 1. The molecule has 1 heterocycles. The normalized spacial score (nSPS) is 23.1. The molecule has 0 bridgehead atoms. The largest absolute Gasteiger partial charge is 0.356 e. The quantitative estimate of drug-likeness (QED) is 0.871. The summed E-state index contributed by atoms with van der Waals surface area (Å²) < 4.78 is 13.0. The van der Waals surface area contributed by atoms with Gasteiger partial charge in [-0.1, -0.05) is 12.1 Å². The predicted octanol–water partition coefficient (Wildman–Crippen LogP) is 1.87. The molecule has 0 aromatic heterocycles. The van der Waals surface area contributed by atoms with Gasteiger partial charge in [0.05, 0.1) is 0 Å². The summed E-state index contributed by atoms with van der Waals surface area (Å²) in [5.41, 5.74) is 0.916. The van der Waals surface area contributed by atoms with Crippen LogP contribution in [0.25, 0.3) is 0 Å². The van der Waals surface area contributed by atoms with Crippen molar-refractivity contribution in [3.05, 3.63) is 35.6 Å². The Hall–Kier alpha value is -1.42. The lowest BCUT2D eigenvalue weighted by Crippen LogP contribution is -2.42. The molecule has 3 nitrogen and oxygen atoms in total. The zero-order valence-corrected chi connectivity index (χ0v) is 11.3. The Labute approximate surface area is 113 Å². The van der Waals surface area contributed by atoms with E-state index in [-0.39, 0.29) is 17.6 Å². The Kier molecular flexibility index (Phi) is 4.91. The fourth-order valence-electron chi connectivity index (χ4n) is 2.54. The third-order valence-electron chi connectivity index (χ3n) is 3.60. The standard InChI is InChI=1S/C15H21FN2O/c1-11-9-13(6-8-17-11)15(19)18-7-5-12-3-2-4-14(16)10-12/h2-4,10-11,13,17H,5-9H2,1H3,(H,18,19). The minimum atomic E-state index is -0.226. The van der Waals surface area contributed by atoms with Crippen molar-refractivity contribution in [1.82, 2.24) is 10.6 Å². The summed E-state index contributed by atoms with van der Waals surface area (Å²) >= 11 is 0. The first-order valence-corrected chi connectivity index (χ1v) is 6.90. The summed E-state index contributed by atoms with van der Waals surface area (Å²) in [6.07, 6.45) is 2.46. The van der Waals surface area contributed by atoms with E-state index in [2.05, 4.69) is 17.6 Å². The van der Waals surface area contributed by atoms with Crippen LogP contribution in [0.5, 0.6) is 0 Å². The first-order chi connectivity index (χ1) is 9.15. The molecule has 104 valence electrons. The summed E-state index contributed by atoms with van der Waals surface area (Å²) in [5.74, 6) is 0.0181. The van der Waals surface area contributed by atoms with Gasteiger partial charge in [0.2, 0.25) is 5.91 Å². The third-order valence-corrected chi connectivity index (χ3v) is 3.60. The maximum absolute atomic E-state index is 13.0. The molecular weight excluding hydrogens is 243 g/mol. The van der Waals surface area contributed by atoms with E-state index < -0.39 is 0 Å². The highest BCUT2D eigenvalue weighted by Crippen LogP contribution is 2.15. The van der Waals surface area contributed by atoms with E-state index >= 15 is 0 Å². The van der Waals surface area contributed by atoms with Crippen molar-refractivity contribution in [1.29, 1.82) is 0 Å². The lowest BCUT2D eigenvalue weighted by molar-refractivity contribution is -0.126. The third kappa shape index (κ3) is 4.31. The molecule has 1 amide bonds. The second-order valence-electron chi connectivity index (χ2n) is 5.25. The minimum Gasteiger partial charge on any atom is -0.356 e. The Bertz CT molecular complexity index is 436. The first kappa shape index (κ1) is 14.0. The molecule has 4 heteroatoms. The average Bonchev–Trinajstić information content (AvgIpc) is 2.38. The predicted molar refractivity (Wildman–Crippen MR) is 73.3 cm³/mol. The van der Waals surface area contributed by atoms with Crippen LogP contribution in [0, 0.1) is 11.7 Å². The number of hydrogen-bond donors (Lipinski definition) is 2. The Morgan fingerprint density at radius 2 is 2.37 bits per heavy atom. The van der Waals surface area contributed by atoms with Gasteiger partial charge in [0, 0.05) is 18.5 Å². The van der Waals surface area contributed by atoms with Gasteiger partial charge < -0.3 is 10.6 Å². The molecule has 1 saturated heterocycles. The number of benzene rings is 1. The van der Waals surface area contributed by atoms with E-state index in [9.17, 15) is 9.18 Å². The Balaban J connectivity index is 1.74. The summed E-state index contributed by atoms with van der Waals surface area (Å²) in [4.78, 5) is 12.0. The highest BCUT2D eigenvalue weighted by molar-refractivity contribution is 5.78. The SMILES string of the molecule is CC1CC(C(=O)NCCc2cccc(F)c2)CCN1. The minimum absolute atomic E-state index is 0.115. The summed E-state index contributed by atoms with van der Waals surface area (Å²) in [6, 6.07) is 6.92.